The van der Waals surface area contributed by atoms with E-state index < -0.39 is 0 Å². The number of amides is 1. The largest absolute Gasteiger partial charge is 0.497 e. The smallest absolute Gasteiger partial charge is 0.238 e. The molecule has 0 saturated heterocycles. The second-order valence-electron chi connectivity index (χ2n) is 5.57. The summed E-state index contributed by atoms with van der Waals surface area (Å²) in [4.78, 5) is 14.3. The van der Waals surface area contributed by atoms with Crippen molar-refractivity contribution in [1.82, 2.24) is 4.90 Å². The predicted octanol–water partition coefficient (Wildman–Crippen LogP) is 3.46. The van der Waals surface area contributed by atoms with Crippen LogP contribution in [0.4, 0.5) is 5.69 Å². The van der Waals surface area contributed by atoms with Crippen molar-refractivity contribution in [3.05, 3.63) is 59.7 Å². The summed E-state index contributed by atoms with van der Waals surface area (Å²) in [6.07, 6.45) is 0. The second-order valence-corrected chi connectivity index (χ2v) is 5.57. The Kier molecular flexibility index (Phi) is 6.18. The highest BCUT2D eigenvalue weighted by Gasteiger charge is 2.10. The molecule has 0 saturated carbocycles. The molecule has 0 spiro atoms. The monoisotopic (exact) mass is 312 g/mol. The van der Waals surface area contributed by atoms with Crippen LogP contribution in [0, 0.1) is 6.92 Å². The van der Waals surface area contributed by atoms with Gasteiger partial charge in [-0.25, -0.2) is 0 Å². The molecule has 1 N–H and O–H groups in total. The van der Waals surface area contributed by atoms with Crippen LogP contribution in [0.2, 0.25) is 0 Å². The SMILES string of the molecule is CCN(CC(=O)Nc1ccc(OC)cc1)Cc1cccc(C)c1. The molecule has 1 amide bonds. The van der Waals surface area contributed by atoms with E-state index in [2.05, 4.69) is 48.3 Å². The van der Waals surface area contributed by atoms with Gasteiger partial charge in [-0.1, -0.05) is 36.8 Å². The van der Waals surface area contributed by atoms with Gasteiger partial charge in [0.15, 0.2) is 0 Å². The van der Waals surface area contributed by atoms with Crippen molar-refractivity contribution in [2.75, 3.05) is 25.5 Å². The fourth-order valence-corrected chi connectivity index (χ4v) is 2.43. The number of benzene rings is 2. The third kappa shape index (κ3) is 5.42. The first kappa shape index (κ1) is 17.0. The average Bonchev–Trinajstić information content (AvgIpc) is 2.55. The highest BCUT2D eigenvalue weighted by Crippen LogP contribution is 2.15. The predicted molar refractivity (Wildman–Crippen MR) is 93.8 cm³/mol. The number of methoxy groups -OCH3 is 1. The minimum absolute atomic E-state index is 0.00956. The van der Waals surface area contributed by atoms with Crippen molar-refractivity contribution in [2.45, 2.75) is 20.4 Å². The molecule has 4 heteroatoms. The summed E-state index contributed by atoms with van der Waals surface area (Å²) in [7, 11) is 1.62. The Labute approximate surface area is 138 Å². The van der Waals surface area contributed by atoms with Crippen LogP contribution in [0.25, 0.3) is 0 Å². The Morgan fingerprint density at radius 1 is 1.17 bits per heavy atom. The molecule has 0 unspecified atom stereocenters. The Hall–Kier alpha value is -2.33. The van der Waals surface area contributed by atoms with E-state index in [0.29, 0.717) is 6.54 Å². The van der Waals surface area contributed by atoms with Crippen molar-refractivity contribution in [2.24, 2.45) is 0 Å². The molecule has 0 fully saturated rings. The molecule has 2 aromatic rings. The van der Waals surface area contributed by atoms with Crippen LogP contribution < -0.4 is 10.1 Å². The summed E-state index contributed by atoms with van der Waals surface area (Å²) in [6.45, 7) is 6.11. The zero-order valence-electron chi connectivity index (χ0n) is 14.0. The molecule has 2 aromatic carbocycles. The molecule has 122 valence electrons. The Morgan fingerprint density at radius 3 is 2.52 bits per heavy atom. The number of carbonyl (C=O) groups is 1. The van der Waals surface area contributed by atoms with Crippen LogP contribution in [-0.4, -0.2) is 31.0 Å². The van der Waals surface area contributed by atoms with Gasteiger partial charge < -0.3 is 10.1 Å². The summed E-state index contributed by atoms with van der Waals surface area (Å²) in [6, 6.07) is 15.7. The van der Waals surface area contributed by atoms with Gasteiger partial charge in [-0.3, -0.25) is 9.69 Å². The van der Waals surface area contributed by atoms with Gasteiger partial charge in [0.2, 0.25) is 5.91 Å². The lowest BCUT2D eigenvalue weighted by Gasteiger charge is -2.20. The number of anilines is 1. The number of likely N-dealkylation sites (N-methyl/N-ethyl adjacent to an activating group) is 1. The van der Waals surface area contributed by atoms with Crippen molar-refractivity contribution < 1.29 is 9.53 Å². The first-order chi connectivity index (χ1) is 11.1. The van der Waals surface area contributed by atoms with E-state index in [9.17, 15) is 4.79 Å². The first-order valence-corrected chi connectivity index (χ1v) is 7.82. The number of ether oxygens (including phenoxy) is 1. The van der Waals surface area contributed by atoms with E-state index >= 15 is 0 Å². The molecular weight excluding hydrogens is 288 g/mol. The van der Waals surface area contributed by atoms with Gasteiger partial charge in [-0.2, -0.15) is 0 Å². The van der Waals surface area contributed by atoms with Crippen molar-refractivity contribution in [1.29, 1.82) is 0 Å². The quantitative estimate of drug-likeness (QED) is 0.851. The normalized spacial score (nSPS) is 10.6. The molecule has 0 bridgehead atoms. The number of nitrogens with zero attached hydrogens (tertiary/aromatic N) is 1. The number of nitrogens with one attached hydrogen (secondary N) is 1. The minimum atomic E-state index is -0.00956. The van der Waals surface area contributed by atoms with E-state index in [1.807, 2.05) is 24.3 Å². The van der Waals surface area contributed by atoms with Crippen LogP contribution in [0.15, 0.2) is 48.5 Å². The lowest BCUT2D eigenvalue weighted by Crippen LogP contribution is -2.32. The van der Waals surface area contributed by atoms with Crippen molar-refractivity contribution in [3.8, 4) is 5.75 Å². The van der Waals surface area contributed by atoms with Crippen LogP contribution in [0.3, 0.4) is 0 Å². The van der Waals surface area contributed by atoms with Gasteiger partial charge in [0.1, 0.15) is 5.75 Å². The third-order valence-corrected chi connectivity index (χ3v) is 3.68. The van der Waals surface area contributed by atoms with E-state index in [-0.39, 0.29) is 5.91 Å². The van der Waals surface area contributed by atoms with E-state index in [0.717, 1.165) is 24.5 Å². The zero-order chi connectivity index (χ0) is 16.7. The third-order valence-electron chi connectivity index (χ3n) is 3.68. The summed E-state index contributed by atoms with van der Waals surface area (Å²) < 4.78 is 5.11. The molecule has 0 aromatic heterocycles. The maximum atomic E-state index is 12.2. The molecule has 0 aliphatic rings. The number of aryl methyl sites for hydroxylation is 1. The van der Waals surface area contributed by atoms with Crippen LogP contribution in [0.1, 0.15) is 18.1 Å². The molecule has 0 atom stereocenters. The average molecular weight is 312 g/mol. The summed E-state index contributed by atoms with van der Waals surface area (Å²) in [5.41, 5.74) is 3.24. The Balaban J connectivity index is 1.91. The first-order valence-electron chi connectivity index (χ1n) is 7.82. The van der Waals surface area contributed by atoms with Gasteiger partial charge in [0, 0.05) is 12.2 Å². The Morgan fingerprint density at radius 2 is 1.91 bits per heavy atom. The molecule has 4 nitrogen and oxygen atoms in total. The van der Waals surface area contributed by atoms with Gasteiger partial charge in [0.05, 0.1) is 13.7 Å². The van der Waals surface area contributed by atoms with Gasteiger partial charge >= 0.3 is 0 Å². The number of hydrogen-bond donors (Lipinski definition) is 1. The summed E-state index contributed by atoms with van der Waals surface area (Å²) in [5, 5.41) is 2.92. The molecular formula is C19H24N2O2. The molecule has 0 aliphatic heterocycles. The maximum absolute atomic E-state index is 12.2. The fourth-order valence-electron chi connectivity index (χ4n) is 2.43. The molecule has 0 aliphatic carbocycles. The van der Waals surface area contributed by atoms with Crippen molar-refractivity contribution in [3.63, 3.8) is 0 Å². The topological polar surface area (TPSA) is 41.6 Å². The maximum Gasteiger partial charge on any atom is 0.238 e. The molecule has 2 rings (SSSR count). The van der Waals surface area contributed by atoms with Crippen LogP contribution >= 0.6 is 0 Å². The molecule has 0 heterocycles. The lowest BCUT2D eigenvalue weighted by molar-refractivity contribution is -0.117. The van der Waals surface area contributed by atoms with E-state index in [4.69, 9.17) is 4.74 Å². The Bertz CT molecular complexity index is 638. The van der Waals surface area contributed by atoms with Gasteiger partial charge in [-0.15, -0.1) is 0 Å². The summed E-state index contributed by atoms with van der Waals surface area (Å²) >= 11 is 0. The second kappa shape index (κ2) is 8.34. The fraction of sp³-hybridized carbons (Fsp3) is 0.316. The van der Waals surface area contributed by atoms with Crippen LogP contribution in [-0.2, 0) is 11.3 Å². The van der Waals surface area contributed by atoms with E-state index in [1.54, 1.807) is 7.11 Å². The lowest BCUT2D eigenvalue weighted by atomic mass is 10.1. The number of carbonyl (C=O) groups excluding carboxylic acids is 1. The zero-order valence-corrected chi connectivity index (χ0v) is 14.0. The van der Waals surface area contributed by atoms with Gasteiger partial charge in [-0.05, 0) is 43.3 Å². The minimum Gasteiger partial charge on any atom is -0.497 e. The number of rotatable bonds is 7. The van der Waals surface area contributed by atoms with Gasteiger partial charge in [0.25, 0.3) is 0 Å². The summed E-state index contributed by atoms with van der Waals surface area (Å²) in [5.74, 6) is 0.766. The highest BCUT2D eigenvalue weighted by atomic mass is 16.5. The van der Waals surface area contributed by atoms with Crippen LogP contribution in [0.5, 0.6) is 5.75 Å². The number of hydrogen-bond acceptors (Lipinski definition) is 3. The standard InChI is InChI=1S/C19H24N2O2/c1-4-21(13-16-7-5-6-15(2)12-16)14-19(22)20-17-8-10-18(23-3)11-9-17/h5-12H,4,13-14H2,1-3H3,(H,20,22). The van der Waals surface area contributed by atoms with Crippen molar-refractivity contribution >= 4 is 11.6 Å². The van der Waals surface area contributed by atoms with E-state index in [1.165, 1.54) is 11.1 Å². The molecule has 23 heavy (non-hydrogen) atoms. The highest BCUT2D eigenvalue weighted by molar-refractivity contribution is 5.92. The molecule has 0 radical (unpaired) electrons.